The van der Waals surface area contributed by atoms with Crippen LogP contribution >= 0.6 is 23.2 Å². The highest BCUT2D eigenvalue weighted by Crippen LogP contribution is 2.25. The third-order valence-electron chi connectivity index (χ3n) is 3.23. The standard InChI is InChI=1S/C17H15Cl2NO3/c1-11(21)12-3-5-16(6-4-12)23-10-17(22)20(2)15-8-13(18)7-14(19)9-15/h3-9H,10H2,1-2H3. The second-order valence-corrected chi connectivity index (χ2v) is 5.82. The van der Waals surface area contributed by atoms with Crippen LogP contribution in [0.25, 0.3) is 0 Å². The van der Waals surface area contributed by atoms with Crippen molar-refractivity contribution in [3.05, 3.63) is 58.1 Å². The number of ether oxygens (including phenoxy) is 1. The second kappa shape index (κ2) is 7.49. The number of ketones is 1. The van der Waals surface area contributed by atoms with Crippen molar-refractivity contribution < 1.29 is 14.3 Å². The summed E-state index contributed by atoms with van der Waals surface area (Å²) in [4.78, 5) is 24.8. The van der Waals surface area contributed by atoms with Gasteiger partial charge in [-0.2, -0.15) is 0 Å². The van der Waals surface area contributed by atoms with E-state index in [9.17, 15) is 9.59 Å². The van der Waals surface area contributed by atoms with Crippen LogP contribution in [0.4, 0.5) is 5.69 Å². The number of hydrogen-bond acceptors (Lipinski definition) is 3. The number of hydrogen-bond donors (Lipinski definition) is 0. The van der Waals surface area contributed by atoms with E-state index < -0.39 is 0 Å². The van der Waals surface area contributed by atoms with Crippen LogP contribution in [0, 0.1) is 0 Å². The van der Waals surface area contributed by atoms with E-state index in [-0.39, 0.29) is 18.3 Å². The van der Waals surface area contributed by atoms with Crippen LogP contribution in [-0.4, -0.2) is 25.3 Å². The van der Waals surface area contributed by atoms with Crippen LogP contribution in [0.1, 0.15) is 17.3 Å². The smallest absolute Gasteiger partial charge is 0.264 e. The Kier molecular flexibility index (Phi) is 5.64. The van der Waals surface area contributed by atoms with Crippen molar-refractivity contribution in [1.29, 1.82) is 0 Å². The molecule has 2 rings (SSSR count). The Hall–Kier alpha value is -2.04. The molecule has 2 aromatic carbocycles. The van der Waals surface area contributed by atoms with E-state index in [1.165, 1.54) is 11.8 Å². The molecule has 0 aliphatic heterocycles. The lowest BCUT2D eigenvalue weighted by Gasteiger charge is -2.18. The molecule has 0 N–H and O–H groups in total. The topological polar surface area (TPSA) is 46.6 Å². The average Bonchev–Trinajstić information content (AvgIpc) is 2.51. The minimum atomic E-state index is -0.251. The van der Waals surface area contributed by atoms with Gasteiger partial charge in [0.25, 0.3) is 5.91 Å². The maximum atomic E-state index is 12.2. The Bertz CT molecular complexity index is 709. The molecule has 23 heavy (non-hydrogen) atoms. The molecule has 6 heteroatoms. The molecule has 2 aromatic rings. The lowest BCUT2D eigenvalue weighted by atomic mass is 10.1. The van der Waals surface area contributed by atoms with Crippen molar-refractivity contribution in [2.45, 2.75) is 6.92 Å². The number of anilines is 1. The van der Waals surface area contributed by atoms with Crippen LogP contribution in [0.3, 0.4) is 0 Å². The van der Waals surface area contributed by atoms with Gasteiger partial charge < -0.3 is 9.64 Å². The number of amides is 1. The van der Waals surface area contributed by atoms with Crippen molar-refractivity contribution in [2.24, 2.45) is 0 Å². The number of Topliss-reactive ketones (excluding diaryl/α,β-unsaturated/α-hetero) is 1. The lowest BCUT2D eigenvalue weighted by Crippen LogP contribution is -2.31. The van der Waals surface area contributed by atoms with Gasteiger partial charge in [-0.3, -0.25) is 9.59 Å². The summed E-state index contributed by atoms with van der Waals surface area (Å²) >= 11 is 11.9. The highest BCUT2D eigenvalue weighted by atomic mass is 35.5. The van der Waals surface area contributed by atoms with Crippen LogP contribution in [0.2, 0.25) is 10.0 Å². The molecule has 0 bridgehead atoms. The first kappa shape index (κ1) is 17.3. The fourth-order valence-electron chi connectivity index (χ4n) is 1.90. The highest BCUT2D eigenvalue weighted by Gasteiger charge is 2.13. The fourth-order valence-corrected chi connectivity index (χ4v) is 2.42. The largest absolute Gasteiger partial charge is 0.484 e. The first-order chi connectivity index (χ1) is 10.9. The predicted molar refractivity (Wildman–Crippen MR) is 91.8 cm³/mol. The molecule has 0 heterocycles. The van der Waals surface area contributed by atoms with E-state index in [1.807, 2.05) is 0 Å². The molecule has 0 saturated carbocycles. The molecule has 120 valence electrons. The Morgan fingerprint density at radius 1 is 1.04 bits per heavy atom. The lowest BCUT2D eigenvalue weighted by molar-refractivity contribution is -0.120. The van der Waals surface area contributed by atoms with Crippen molar-refractivity contribution in [3.8, 4) is 5.75 Å². The van der Waals surface area contributed by atoms with Gasteiger partial charge in [0.2, 0.25) is 0 Å². The summed E-state index contributed by atoms with van der Waals surface area (Å²) in [5.74, 6) is 0.241. The maximum absolute atomic E-state index is 12.2. The van der Waals surface area contributed by atoms with Gasteiger partial charge in [0.15, 0.2) is 12.4 Å². The Labute approximate surface area is 144 Å². The third-order valence-corrected chi connectivity index (χ3v) is 3.67. The third kappa shape index (κ3) is 4.71. The molecule has 0 aliphatic carbocycles. The number of carbonyl (C=O) groups is 2. The molecule has 0 unspecified atom stereocenters. The predicted octanol–water partition coefficient (Wildman–Crippen LogP) is 4.24. The number of halogens is 2. The molecule has 1 amide bonds. The molecule has 0 spiro atoms. The summed E-state index contributed by atoms with van der Waals surface area (Å²) in [6.45, 7) is 1.35. The van der Waals surface area contributed by atoms with Crippen molar-refractivity contribution >= 4 is 40.6 Å². The molecule has 0 saturated heterocycles. The van der Waals surface area contributed by atoms with E-state index in [1.54, 1.807) is 49.5 Å². The van der Waals surface area contributed by atoms with E-state index in [2.05, 4.69) is 0 Å². The van der Waals surface area contributed by atoms with Gasteiger partial charge in [-0.05, 0) is 49.4 Å². The Morgan fingerprint density at radius 3 is 2.13 bits per heavy atom. The zero-order valence-corrected chi connectivity index (χ0v) is 14.2. The van der Waals surface area contributed by atoms with Gasteiger partial charge in [0.1, 0.15) is 5.75 Å². The van der Waals surface area contributed by atoms with Gasteiger partial charge in [-0.15, -0.1) is 0 Å². The number of rotatable bonds is 5. The minimum absolute atomic E-state index is 0.0230. The number of carbonyl (C=O) groups excluding carboxylic acids is 2. The SMILES string of the molecule is CC(=O)c1ccc(OCC(=O)N(C)c2cc(Cl)cc(Cl)c2)cc1. The average molecular weight is 352 g/mol. The summed E-state index contributed by atoms with van der Waals surface area (Å²) in [6, 6.07) is 11.5. The molecule has 0 aromatic heterocycles. The second-order valence-electron chi connectivity index (χ2n) is 4.95. The summed E-state index contributed by atoms with van der Waals surface area (Å²) in [7, 11) is 1.62. The maximum Gasteiger partial charge on any atom is 0.264 e. The van der Waals surface area contributed by atoms with Crippen molar-refractivity contribution in [1.82, 2.24) is 0 Å². The van der Waals surface area contributed by atoms with Gasteiger partial charge in [0, 0.05) is 28.3 Å². The van der Waals surface area contributed by atoms with Crippen LogP contribution in [-0.2, 0) is 4.79 Å². The zero-order chi connectivity index (χ0) is 17.0. The summed E-state index contributed by atoms with van der Waals surface area (Å²) in [6.07, 6.45) is 0. The van der Waals surface area contributed by atoms with E-state index in [4.69, 9.17) is 27.9 Å². The molecule has 0 aliphatic rings. The number of benzene rings is 2. The molecule has 0 fully saturated rings. The molecule has 0 atom stereocenters. The number of likely N-dealkylation sites (N-methyl/N-ethyl adjacent to an activating group) is 1. The quantitative estimate of drug-likeness (QED) is 0.757. The van der Waals surface area contributed by atoms with E-state index >= 15 is 0 Å². The van der Waals surface area contributed by atoms with E-state index in [0.29, 0.717) is 27.0 Å². The first-order valence-corrected chi connectivity index (χ1v) is 7.59. The van der Waals surface area contributed by atoms with Crippen molar-refractivity contribution in [3.63, 3.8) is 0 Å². The summed E-state index contributed by atoms with van der Waals surface area (Å²) in [5, 5.41) is 0.903. The first-order valence-electron chi connectivity index (χ1n) is 6.83. The normalized spacial score (nSPS) is 10.3. The van der Waals surface area contributed by atoms with Crippen molar-refractivity contribution in [2.75, 3.05) is 18.6 Å². The fraction of sp³-hybridized carbons (Fsp3) is 0.176. The molecular weight excluding hydrogens is 337 g/mol. The summed E-state index contributed by atoms with van der Waals surface area (Å²) < 4.78 is 5.44. The molecule has 4 nitrogen and oxygen atoms in total. The molecular formula is C17H15Cl2NO3. The monoisotopic (exact) mass is 351 g/mol. The molecule has 0 radical (unpaired) electrons. The highest BCUT2D eigenvalue weighted by molar-refractivity contribution is 6.35. The Morgan fingerprint density at radius 2 is 1.61 bits per heavy atom. The Balaban J connectivity index is 1.99. The minimum Gasteiger partial charge on any atom is -0.484 e. The van der Waals surface area contributed by atoms with Crippen LogP contribution < -0.4 is 9.64 Å². The van der Waals surface area contributed by atoms with Gasteiger partial charge >= 0.3 is 0 Å². The van der Waals surface area contributed by atoms with E-state index in [0.717, 1.165) is 0 Å². The summed E-state index contributed by atoms with van der Waals surface area (Å²) in [5.41, 5.74) is 1.18. The van der Waals surface area contributed by atoms with Crippen LogP contribution in [0.5, 0.6) is 5.75 Å². The van der Waals surface area contributed by atoms with Gasteiger partial charge in [-0.1, -0.05) is 23.2 Å². The van der Waals surface area contributed by atoms with Gasteiger partial charge in [-0.25, -0.2) is 0 Å². The number of nitrogens with zero attached hydrogens (tertiary/aromatic N) is 1. The van der Waals surface area contributed by atoms with Gasteiger partial charge in [0.05, 0.1) is 0 Å². The van der Waals surface area contributed by atoms with Crippen LogP contribution in [0.15, 0.2) is 42.5 Å². The zero-order valence-electron chi connectivity index (χ0n) is 12.7.